The van der Waals surface area contributed by atoms with Gasteiger partial charge in [-0.1, -0.05) is 6.07 Å². The summed E-state index contributed by atoms with van der Waals surface area (Å²) in [7, 11) is -0.802. The normalized spacial score (nSPS) is 16.8. The summed E-state index contributed by atoms with van der Waals surface area (Å²) in [5, 5.41) is 2.78. The molecule has 1 unspecified atom stereocenters. The summed E-state index contributed by atoms with van der Waals surface area (Å²) in [5.41, 5.74) is 0.791. The van der Waals surface area contributed by atoms with Gasteiger partial charge in [0.25, 0.3) is 5.91 Å². The average molecular weight is 483 g/mol. The van der Waals surface area contributed by atoms with E-state index in [9.17, 15) is 13.2 Å². The standard InChI is InChI=1S/C20H23BrN2O5S/c1-23(2)29(25,26)19-11-14(8-9-18(19)21)20(24)22-15-5-3-6-16(12-15)28-13-17-7-4-10-27-17/h3,5-6,8-9,11-12,17H,4,7,10,13H2,1-2H3,(H,22,24). The number of rotatable bonds is 7. The number of sulfonamides is 1. The summed E-state index contributed by atoms with van der Waals surface area (Å²) in [6.45, 7) is 1.23. The van der Waals surface area contributed by atoms with Gasteiger partial charge in [-0.15, -0.1) is 0 Å². The number of halogens is 1. The van der Waals surface area contributed by atoms with Crippen molar-refractivity contribution in [2.45, 2.75) is 23.8 Å². The molecule has 2 aromatic carbocycles. The van der Waals surface area contributed by atoms with Crippen molar-refractivity contribution in [1.82, 2.24) is 4.31 Å². The minimum atomic E-state index is -3.68. The summed E-state index contributed by atoms with van der Waals surface area (Å²) in [5.74, 6) is 0.217. The Morgan fingerprint density at radius 1 is 1.28 bits per heavy atom. The summed E-state index contributed by atoms with van der Waals surface area (Å²) in [6.07, 6.45) is 2.13. The summed E-state index contributed by atoms with van der Waals surface area (Å²) in [4.78, 5) is 12.7. The molecule has 1 amide bonds. The lowest BCUT2D eigenvalue weighted by molar-refractivity contribution is 0.0680. The maximum Gasteiger partial charge on any atom is 0.255 e. The van der Waals surface area contributed by atoms with E-state index in [-0.39, 0.29) is 16.6 Å². The topological polar surface area (TPSA) is 84.9 Å². The third-order valence-corrected chi connectivity index (χ3v) is 7.31. The molecule has 1 aliphatic heterocycles. The van der Waals surface area contributed by atoms with E-state index in [1.165, 1.54) is 20.2 Å². The van der Waals surface area contributed by atoms with Crippen LogP contribution >= 0.6 is 15.9 Å². The molecule has 29 heavy (non-hydrogen) atoms. The predicted molar refractivity (Wildman–Crippen MR) is 114 cm³/mol. The molecule has 1 heterocycles. The van der Waals surface area contributed by atoms with Gasteiger partial charge in [-0.25, -0.2) is 12.7 Å². The number of carbonyl (C=O) groups is 1. The first kappa shape index (κ1) is 21.8. The summed E-state index contributed by atoms with van der Waals surface area (Å²) in [6, 6.07) is 11.5. The van der Waals surface area contributed by atoms with Crippen LogP contribution in [0.15, 0.2) is 51.8 Å². The number of nitrogens with one attached hydrogen (secondary N) is 1. The number of benzene rings is 2. The highest BCUT2D eigenvalue weighted by Crippen LogP contribution is 2.26. The molecule has 0 bridgehead atoms. The summed E-state index contributed by atoms with van der Waals surface area (Å²) < 4.78 is 37.7. The number of hydrogen-bond acceptors (Lipinski definition) is 5. The number of nitrogens with zero attached hydrogens (tertiary/aromatic N) is 1. The van der Waals surface area contributed by atoms with Crippen molar-refractivity contribution in [2.75, 3.05) is 32.6 Å². The molecule has 1 N–H and O–H groups in total. The number of amides is 1. The van der Waals surface area contributed by atoms with Crippen molar-refractivity contribution >= 4 is 37.5 Å². The predicted octanol–water partition coefficient (Wildman–Crippen LogP) is 3.51. The van der Waals surface area contributed by atoms with E-state index >= 15 is 0 Å². The molecule has 1 saturated heterocycles. The van der Waals surface area contributed by atoms with Crippen LogP contribution in [0.1, 0.15) is 23.2 Å². The van der Waals surface area contributed by atoms with Crippen LogP contribution in [0.5, 0.6) is 5.75 Å². The van der Waals surface area contributed by atoms with Gasteiger partial charge in [0.1, 0.15) is 12.4 Å². The number of hydrogen-bond donors (Lipinski definition) is 1. The second kappa shape index (κ2) is 9.25. The van der Waals surface area contributed by atoms with Crippen molar-refractivity contribution in [3.8, 4) is 5.75 Å². The molecule has 3 rings (SSSR count). The largest absolute Gasteiger partial charge is 0.491 e. The maximum absolute atomic E-state index is 12.7. The molecule has 0 aromatic heterocycles. The Morgan fingerprint density at radius 2 is 2.07 bits per heavy atom. The molecule has 2 aromatic rings. The van der Waals surface area contributed by atoms with E-state index in [1.807, 2.05) is 6.07 Å². The lowest BCUT2D eigenvalue weighted by Gasteiger charge is -2.14. The van der Waals surface area contributed by atoms with Gasteiger partial charge in [0, 0.05) is 42.5 Å². The minimum Gasteiger partial charge on any atom is -0.491 e. The Kier molecular flexibility index (Phi) is 6.94. The van der Waals surface area contributed by atoms with E-state index in [2.05, 4.69) is 21.2 Å². The quantitative estimate of drug-likeness (QED) is 0.652. The van der Waals surface area contributed by atoms with Crippen LogP contribution in [0.25, 0.3) is 0 Å². The molecule has 1 fully saturated rings. The van der Waals surface area contributed by atoms with Crippen LogP contribution in [0, 0.1) is 0 Å². The molecular weight excluding hydrogens is 460 g/mol. The first-order valence-corrected chi connectivity index (χ1v) is 11.4. The van der Waals surface area contributed by atoms with Crippen molar-refractivity contribution in [2.24, 2.45) is 0 Å². The van der Waals surface area contributed by atoms with Crippen LogP contribution in [-0.4, -0.2) is 52.0 Å². The van der Waals surface area contributed by atoms with Gasteiger partial charge in [-0.2, -0.15) is 0 Å². The molecule has 0 spiro atoms. The lowest BCUT2D eigenvalue weighted by atomic mass is 10.2. The Balaban J connectivity index is 1.72. The molecule has 0 saturated carbocycles. The van der Waals surface area contributed by atoms with Crippen LogP contribution in [0.2, 0.25) is 0 Å². The second-order valence-corrected chi connectivity index (χ2v) is 9.84. The third-order valence-electron chi connectivity index (χ3n) is 4.50. The summed E-state index contributed by atoms with van der Waals surface area (Å²) >= 11 is 3.24. The zero-order chi connectivity index (χ0) is 21.0. The number of ether oxygens (including phenoxy) is 2. The van der Waals surface area contributed by atoms with E-state index in [1.54, 1.807) is 30.3 Å². The molecule has 156 valence electrons. The van der Waals surface area contributed by atoms with Crippen LogP contribution in [0.4, 0.5) is 5.69 Å². The van der Waals surface area contributed by atoms with Crippen molar-refractivity contribution in [3.05, 3.63) is 52.5 Å². The number of carbonyl (C=O) groups excluding carboxylic acids is 1. The fourth-order valence-corrected chi connectivity index (χ4v) is 4.71. The first-order valence-electron chi connectivity index (χ1n) is 9.15. The fraction of sp³-hybridized carbons (Fsp3) is 0.350. The van der Waals surface area contributed by atoms with Crippen LogP contribution in [-0.2, 0) is 14.8 Å². The smallest absolute Gasteiger partial charge is 0.255 e. The van der Waals surface area contributed by atoms with E-state index < -0.39 is 15.9 Å². The fourth-order valence-electron chi connectivity index (χ4n) is 2.87. The van der Waals surface area contributed by atoms with Crippen molar-refractivity contribution < 1.29 is 22.7 Å². The molecule has 9 heteroatoms. The van der Waals surface area contributed by atoms with Gasteiger partial charge < -0.3 is 14.8 Å². The van der Waals surface area contributed by atoms with E-state index in [0.29, 0.717) is 22.5 Å². The average Bonchev–Trinajstić information content (AvgIpc) is 3.20. The highest BCUT2D eigenvalue weighted by molar-refractivity contribution is 9.10. The Labute approximate surface area is 179 Å². The Bertz CT molecular complexity index is 988. The zero-order valence-corrected chi connectivity index (χ0v) is 18.6. The second-order valence-electron chi connectivity index (χ2n) is 6.86. The molecule has 1 atom stereocenters. The molecule has 7 nitrogen and oxygen atoms in total. The Hall–Kier alpha value is -1.94. The molecule has 0 aliphatic carbocycles. The van der Waals surface area contributed by atoms with Gasteiger partial charge in [0.15, 0.2) is 0 Å². The minimum absolute atomic E-state index is 0.0313. The lowest BCUT2D eigenvalue weighted by Crippen LogP contribution is -2.23. The van der Waals surface area contributed by atoms with E-state index in [4.69, 9.17) is 9.47 Å². The highest BCUT2D eigenvalue weighted by Gasteiger charge is 2.22. The first-order chi connectivity index (χ1) is 13.8. The number of anilines is 1. The maximum atomic E-state index is 12.7. The molecule has 1 aliphatic rings. The van der Waals surface area contributed by atoms with Crippen molar-refractivity contribution in [3.63, 3.8) is 0 Å². The van der Waals surface area contributed by atoms with Gasteiger partial charge in [-0.05, 0) is 59.1 Å². The third kappa shape index (κ3) is 5.36. The van der Waals surface area contributed by atoms with E-state index in [0.717, 1.165) is 23.8 Å². The van der Waals surface area contributed by atoms with Crippen LogP contribution in [0.3, 0.4) is 0 Å². The Morgan fingerprint density at radius 3 is 2.76 bits per heavy atom. The van der Waals surface area contributed by atoms with Crippen molar-refractivity contribution in [1.29, 1.82) is 0 Å². The van der Waals surface area contributed by atoms with Gasteiger partial charge in [0.05, 0.1) is 11.0 Å². The monoisotopic (exact) mass is 482 g/mol. The van der Waals surface area contributed by atoms with Gasteiger partial charge in [0.2, 0.25) is 10.0 Å². The van der Waals surface area contributed by atoms with Crippen LogP contribution < -0.4 is 10.1 Å². The molecular formula is C20H23BrN2O5S. The van der Waals surface area contributed by atoms with Gasteiger partial charge >= 0.3 is 0 Å². The molecule has 0 radical (unpaired) electrons. The zero-order valence-electron chi connectivity index (χ0n) is 16.2. The SMILES string of the molecule is CN(C)S(=O)(=O)c1cc(C(=O)Nc2cccc(OCC3CCCO3)c2)ccc1Br. The van der Waals surface area contributed by atoms with Gasteiger partial charge in [-0.3, -0.25) is 4.79 Å². The highest BCUT2D eigenvalue weighted by atomic mass is 79.9.